The standard InChI is InChI=1S/C25H23ClN4O4/c1-32-21-4-2-3-5-22(21)33-17-24(31)29-12-14-30(15-13-29)25-20(16-27)28-23(34-25)11-8-18-6-9-19(26)10-7-18/h2-11H,12-15,17H2,1H3/b11-8+. The van der Waals surface area contributed by atoms with E-state index in [4.69, 9.17) is 25.5 Å². The first-order valence-corrected chi connectivity index (χ1v) is 11.1. The molecule has 34 heavy (non-hydrogen) atoms. The quantitative estimate of drug-likeness (QED) is 0.504. The van der Waals surface area contributed by atoms with Gasteiger partial charge < -0.3 is 23.7 Å². The van der Waals surface area contributed by atoms with E-state index in [-0.39, 0.29) is 18.2 Å². The second-order valence-electron chi connectivity index (χ2n) is 7.51. The number of anilines is 1. The maximum Gasteiger partial charge on any atom is 0.260 e. The van der Waals surface area contributed by atoms with Crippen LogP contribution in [0.2, 0.25) is 5.02 Å². The Balaban J connectivity index is 1.34. The summed E-state index contributed by atoms with van der Waals surface area (Å²) in [6, 6.07) is 16.6. The predicted molar refractivity (Wildman–Crippen MR) is 129 cm³/mol. The van der Waals surface area contributed by atoms with Crippen molar-refractivity contribution >= 4 is 35.5 Å². The second kappa shape index (κ2) is 10.8. The van der Waals surface area contributed by atoms with Gasteiger partial charge >= 0.3 is 0 Å². The lowest BCUT2D eigenvalue weighted by Gasteiger charge is -2.34. The molecule has 3 aromatic rings. The highest BCUT2D eigenvalue weighted by Crippen LogP contribution is 2.26. The molecular formula is C25H23ClN4O4. The molecule has 0 bridgehead atoms. The summed E-state index contributed by atoms with van der Waals surface area (Å²) in [5.41, 5.74) is 1.15. The Morgan fingerprint density at radius 3 is 2.50 bits per heavy atom. The number of hydrogen-bond donors (Lipinski definition) is 0. The van der Waals surface area contributed by atoms with Crippen molar-refractivity contribution in [3.8, 4) is 17.6 Å². The summed E-state index contributed by atoms with van der Waals surface area (Å²) in [5.74, 6) is 1.74. The zero-order valence-electron chi connectivity index (χ0n) is 18.6. The summed E-state index contributed by atoms with van der Waals surface area (Å²) in [7, 11) is 1.56. The largest absolute Gasteiger partial charge is 0.493 e. The molecular weight excluding hydrogens is 456 g/mol. The van der Waals surface area contributed by atoms with Crippen LogP contribution in [0, 0.1) is 11.3 Å². The van der Waals surface area contributed by atoms with Gasteiger partial charge in [-0.15, -0.1) is 0 Å². The third-order valence-electron chi connectivity index (χ3n) is 5.36. The van der Waals surface area contributed by atoms with Crippen molar-refractivity contribution in [2.75, 3.05) is 44.8 Å². The van der Waals surface area contributed by atoms with Crippen LogP contribution in [0.25, 0.3) is 12.2 Å². The second-order valence-corrected chi connectivity index (χ2v) is 7.95. The molecule has 8 nitrogen and oxygen atoms in total. The molecule has 0 unspecified atom stereocenters. The molecule has 1 amide bonds. The number of methoxy groups -OCH3 is 1. The third kappa shape index (κ3) is 5.50. The summed E-state index contributed by atoms with van der Waals surface area (Å²) < 4.78 is 16.8. The van der Waals surface area contributed by atoms with Gasteiger partial charge in [-0.05, 0) is 35.9 Å². The van der Waals surface area contributed by atoms with E-state index in [1.165, 1.54) is 0 Å². The molecule has 2 aromatic carbocycles. The first-order chi connectivity index (χ1) is 16.6. The molecule has 2 heterocycles. The number of ether oxygens (including phenoxy) is 2. The number of hydrogen-bond acceptors (Lipinski definition) is 7. The van der Waals surface area contributed by atoms with Crippen LogP contribution in [0.1, 0.15) is 17.1 Å². The number of piperazine rings is 1. The third-order valence-corrected chi connectivity index (χ3v) is 5.61. The Labute approximate surface area is 202 Å². The van der Waals surface area contributed by atoms with Gasteiger partial charge in [0.15, 0.2) is 18.1 Å². The van der Waals surface area contributed by atoms with Gasteiger partial charge in [0, 0.05) is 37.3 Å². The van der Waals surface area contributed by atoms with Crippen LogP contribution < -0.4 is 14.4 Å². The normalized spacial score (nSPS) is 13.7. The molecule has 0 spiro atoms. The summed E-state index contributed by atoms with van der Waals surface area (Å²) in [5, 5.41) is 10.2. The van der Waals surface area contributed by atoms with E-state index in [0.29, 0.717) is 54.5 Å². The lowest BCUT2D eigenvalue weighted by molar-refractivity contribution is -0.133. The average Bonchev–Trinajstić information content (AvgIpc) is 3.30. The number of nitriles is 1. The van der Waals surface area contributed by atoms with Gasteiger partial charge in [-0.3, -0.25) is 4.79 Å². The Hall–Kier alpha value is -3.96. The van der Waals surface area contributed by atoms with Crippen molar-refractivity contribution in [3.63, 3.8) is 0 Å². The van der Waals surface area contributed by atoms with Gasteiger partial charge in [0.25, 0.3) is 5.91 Å². The molecule has 0 radical (unpaired) electrons. The monoisotopic (exact) mass is 478 g/mol. The number of carbonyl (C=O) groups is 1. The van der Waals surface area contributed by atoms with Gasteiger partial charge in [-0.25, -0.2) is 0 Å². The Morgan fingerprint density at radius 2 is 1.82 bits per heavy atom. The molecule has 1 aliphatic heterocycles. The minimum absolute atomic E-state index is 0.0776. The van der Waals surface area contributed by atoms with Crippen LogP contribution in [0.5, 0.6) is 11.5 Å². The van der Waals surface area contributed by atoms with Crippen LogP contribution in [0.3, 0.4) is 0 Å². The Morgan fingerprint density at radius 1 is 1.12 bits per heavy atom. The maximum atomic E-state index is 12.6. The topological polar surface area (TPSA) is 91.8 Å². The number of carbonyl (C=O) groups excluding carboxylic acids is 1. The van der Waals surface area contributed by atoms with Crippen LogP contribution in [-0.4, -0.2) is 55.7 Å². The van der Waals surface area contributed by atoms with E-state index in [9.17, 15) is 10.1 Å². The van der Waals surface area contributed by atoms with E-state index in [1.54, 1.807) is 42.4 Å². The number of halogens is 1. The van der Waals surface area contributed by atoms with E-state index in [2.05, 4.69) is 11.1 Å². The summed E-state index contributed by atoms with van der Waals surface area (Å²) in [6.45, 7) is 1.92. The van der Waals surface area contributed by atoms with Crippen molar-refractivity contribution in [2.24, 2.45) is 0 Å². The number of oxazole rings is 1. The predicted octanol–water partition coefficient (Wildman–Crippen LogP) is 4.11. The molecule has 9 heteroatoms. The molecule has 0 atom stereocenters. The minimum Gasteiger partial charge on any atom is -0.493 e. The van der Waals surface area contributed by atoms with Crippen LogP contribution in [0.4, 0.5) is 5.88 Å². The highest BCUT2D eigenvalue weighted by Gasteiger charge is 2.26. The fraction of sp³-hybridized carbons (Fsp3) is 0.240. The molecule has 174 valence electrons. The lowest BCUT2D eigenvalue weighted by atomic mass is 10.2. The molecule has 0 saturated carbocycles. The van der Waals surface area contributed by atoms with Gasteiger partial charge in [0.1, 0.15) is 6.07 Å². The van der Waals surface area contributed by atoms with Crippen molar-refractivity contribution < 1.29 is 18.7 Å². The molecule has 4 rings (SSSR count). The fourth-order valence-electron chi connectivity index (χ4n) is 3.56. The van der Waals surface area contributed by atoms with Crippen molar-refractivity contribution in [1.82, 2.24) is 9.88 Å². The molecule has 1 saturated heterocycles. The highest BCUT2D eigenvalue weighted by molar-refractivity contribution is 6.30. The maximum absolute atomic E-state index is 12.6. The lowest BCUT2D eigenvalue weighted by Crippen LogP contribution is -2.50. The van der Waals surface area contributed by atoms with Gasteiger partial charge in [0.05, 0.1) is 7.11 Å². The number of para-hydroxylation sites is 2. The number of nitrogens with zero attached hydrogens (tertiary/aromatic N) is 4. The molecule has 1 fully saturated rings. The Bertz CT molecular complexity index is 1210. The molecule has 1 aromatic heterocycles. The smallest absolute Gasteiger partial charge is 0.260 e. The van der Waals surface area contributed by atoms with Crippen molar-refractivity contribution in [3.05, 3.63) is 70.7 Å². The van der Waals surface area contributed by atoms with Crippen LogP contribution >= 0.6 is 11.6 Å². The minimum atomic E-state index is -0.116. The van der Waals surface area contributed by atoms with Crippen LogP contribution in [0.15, 0.2) is 52.9 Å². The van der Waals surface area contributed by atoms with Crippen LogP contribution in [-0.2, 0) is 4.79 Å². The number of benzene rings is 2. The number of rotatable bonds is 7. The molecule has 0 aliphatic carbocycles. The first-order valence-electron chi connectivity index (χ1n) is 10.7. The van der Waals surface area contributed by atoms with Gasteiger partial charge in [-0.2, -0.15) is 10.2 Å². The number of amides is 1. The number of aromatic nitrogens is 1. The van der Waals surface area contributed by atoms with Crippen molar-refractivity contribution in [1.29, 1.82) is 5.26 Å². The Kier molecular flexibility index (Phi) is 7.35. The fourth-order valence-corrected chi connectivity index (χ4v) is 3.68. The molecule has 1 aliphatic rings. The summed E-state index contributed by atoms with van der Waals surface area (Å²) >= 11 is 5.91. The molecule has 0 N–H and O–H groups in total. The van der Waals surface area contributed by atoms with E-state index in [1.807, 2.05) is 35.2 Å². The van der Waals surface area contributed by atoms with Gasteiger partial charge in [0.2, 0.25) is 17.5 Å². The SMILES string of the molecule is COc1ccccc1OCC(=O)N1CCN(c2oc(/C=C/c3ccc(Cl)cc3)nc2C#N)CC1. The zero-order valence-corrected chi connectivity index (χ0v) is 19.4. The highest BCUT2D eigenvalue weighted by atomic mass is 35.5. The van der Waals surface area contributed by atoms with Gasteiger partial charge in [-0.1, -0.05) is 35.9 Å². The summed E-state index contributed by atoms with van der Waals surface area (Å²) in [4.78, 5) is 20.6. The van der Waals surface area contributed by atoms with E-state index in [0.717, 1.165) is 5.56 Å². The average molecular weight is 479 g/mol. The zero-order chi connectivity index (χ0) is 23.9. The summed E-state index contributed by atoms with van der Waals surface area (Å²) in [6.07, 6.45) is 3.55. The van der Waals surface area contributed by atoms with Crippen molar-refractivity contribution in [2.45, 2.75) is 0 Å². The van der Waals surface area contributed by atoms with E-state index < -0.39 is 0 Å². The first kappa shape index (κ1) is 23.2. The van der Waals surface area contributed by atoms with E-state index >= 15 is 0 Å².